The van der Waals surface area contributed by atoms with Crippen LogP contribution in [-0.4, -0.2) is 63.1 Å². The van der Waals surface area contributed by atoms with Crippen molar-refractivity contribution in [1.29, 1.82) is 0 Å². The van der Waals surface area contributed by atoms with Gasteiger partial charge in [0.2, 0.25) is 0 Å². The molecule has 1 saturated carbocycles. The normalized spacial score (nSPS) is 12.8. The number of carbonyl (C=O) groups is 2. The molecule has 1 fully saturated rings. The Hall–Kier alpha value is -4.61. The third-order valence-electron chi connectivity index (χ3n) is 6.15. The van der Waals surface area contributed by atoms with Gasteiger partial charge in [-0.15, -0.1) is 5.10 Å². The maximum atomic E-state index is 13.0. The Morgan fingerprint density at radius 1 is 1.18 bits per heavy atom. The predicted molar refractivity (Wildman–Crippen MR) is 141 cm³/mol. The van der Waals surface area contributed by atoms with Gasteiger partial charge < -0.3 is 25.0 Å². The molecule has 3 aromatic heterocycles. The fourth-order valence-corrected chi connectivity index (χ4v) is 4.09. The standard InChI is InChI=1S/C26H30N8O4/c1-5-38-26(36)19-15-33(3)31-23(19)29-22-12-20(32(2)14-16-6-10-18(37-4)11-7-16)24-27-13-21(34(24)30-22)25(35)28-17-8-9-17/h6-7,10-13,15,17H,5,8-9,14H2,1-4H3,(H,28,35)(H,29,30,31). The van der Waals surface area contributed by atoms with Crippen molar-refractivity contribution >= 4 is 34.8 Å². The minimum atomic E-state index is -0.492. The van der Waals surface area contributed by atoms with Gasteiger partial charge in [-0.1, -0.05) is 12.1 Å². The summed E-state index contributed by atoms with van der Waals surface area (Å²) in [6.07, 6.45) is 5.05. The molecule has 1 aromatic carbocycles. The summed E-state index contributed by atoms with van der Waals surface area (Å²) in [6, 6.07) is 9.81. The monoisotopic (exact) mass is 518 g/mol. The molecule has 0 saturated heterocycles. The zero-order valence-electron chi connectivity index (χ0n) is 21.8. The molecule has 1 aliphatic rings. The number of aryl methyl sites for hydroxylation is 1. The number of nitrogens with zero attached hydrogens (tertiary/aromatic N) is 6. The van der Waals surface area contributed by atoms with Gasteiger partial charge in [-0.05, 0) is 37.5 Å². The quantitative estimate of drug-likeness (QED) is 0.305. The van der Waals surface area contributed by atoms with E-state index in [1.54, 1.807) is 27.3 Å². The van der Waals surface area contributed by atoms with Crippen molar-refractivity contribution in [2.45, 2.75) is 32.4 Å². The van der Waals surface area contributed by atoms with E-state index in [1.807, 2.05) is 42.3 Å². The van der Waals surface area contributed by atoms with Crippen LogP contribution in [0.15, 0.2) is 42.7 Å². The van der Waals surface area contributed by atoms with Crippen LogP contribution in [0.5, 0.6) is 5.75 Å². The van der Waals surface area contributed by atoms with E-state index in [0.717, 1.165) is 29.8 Å². The van der Waals surface area contributed by atoms with Crippen molar-refractivity contribution in [3.8, 4) is 5.75 Å². The van der Waals surface area contributed by atoms with E-state index in [0.29, 0.717) is 29.5 Å². The van der Waals surface area contributed by atoms with Crippen molar-refractivity contribution < 1.29 is 19.1 Å². The largest absolute Gasteiger partial charge is 0.497 e. The van der Waals surface area contributed by atoms with Crippen LogP contribution in [0, 0.1) is 0 Å². The Labute approximate surface area is 219 Å². The molecule has 38 heavy (non-hydrogen) atoms. The van der Waals surface area contributed by atoms with Crippen LogP contribution in [0.2, 0.25) is 0 Å². The highest BCUT2D eigenvalue weighted by Gasteiger charge is 2.27. The van der Waals surface area contributed by atoms with Crippen molar-refractivity contribution in [2.24, 2.45) is 7.05 Å². The zero-order valence-corrected chi connectivity index (χ0v) is 21.8. The SMILES string of the molecule is CCOC(=O)c1cn(C)nc1Nc1cc(N(C)Cc2ccc(OC)cc2)c2ncc(C(=O)NC3CC3)n2n1. The molecule has 1 amide bonds. The molecule has 2 N–H and O–H groups in total. The predicted octanol–water partition coefficient (Wildman–Crippen LogP) is 2.92. The number of fused-ring (bicyclic) bond motifs is 1. The Morgan fingerprint density at radius 2 is 1.95 bits per heavy atom. The Balaban J connectivity index is 1.53. The van der Waals surface area contributed by atoms with Gasteiger partial charge in [-0.3, -0.25) is 9.48 Å². The number of amides is 1. The zero-order chi connectivity index (χ0) is 26.8. The van der Waals surface area contributed by atoms with Gasteiger partial charge in [0, 0.05) is 38.9 Å². The number of imidazole rings is 1. The molecule has 12 heteroatoms. The number of anilines is 3. The number of esters is 1. The fourth-order valence-electron chi connectivity index (χ4n) is 4.09. The first-order chi connectivity index (χ1) is 18.4. The molecule has 0 spiro atoms. The molecule has 0 radical (unpaired) electrons. The molecular formula is C26H30N8O4. The number of benzene rings is 1. The van der Waals surface area contributed by atoms with E-state index in [1.165, 1.54) is 15.4 Å². The van der Waals surface area contributed by atoms with Crippen LogP contribution in [0.1, 0.15) is 46.2 Å². The van der Waals surface area contributed by atoms with E-state index in [2.05, 4.69) is 25.8 Å². The number of ether oxygens (including phenoxy) is 2. The molecule has 0 aliphatic heterocycles. The van der Waals surface area contributed by atoms with Gasteiger partial charge in [0.1, 0.15) is 11.3 Å². The first-order valence-electron chi connectivity index (χ1n) is 12.4. The third kappa shape index (κ3) is 5.24. The average Bonchev–Trinajstić information content (AvgIpc) is 3.48. The van der Waals surface area contributed by atoms with Gasteiger partial charge in [0.25, 0.3) is 5.91 Å². The fraction of sp³-hybridized carbons (Fsp3) is 0.346. The van der Waals surface area contributed by atoms with Crippen molar-refractivity contribution in [3.63, 3.8) is 0 Å². The summed E-state index contributed by atoms with van der Waals surface area (Å²) in [5.74, 6) is 0.732. The van der Waals surface area contributed by atoms with Crippen molar-refractivity contribution in [2.75, 3.05) is 31.0 Å². The smallest absolute Gasteiger partial charge is 0.343 e. The summed E-state index contributed by atoms with van der Waals surface area (Å²) in [7, 11) is 5.29. The summed E-state index contributed by atoms with van der Waals surface area (Å²) < 4.78 is 13.5. The van der Waals surface area contributed by atoms with E-state index in [-0.39, 0.29) is 24.1 Å². The van der Waals surface area contributed by atoms with Crippen LogP contribution >= 0.6 is 0 Å². The molecule has 3 heterocycles. The summed E-state index contributed by atoms with van der Waals surface area (Å²) >= 11 is 0. The van der Waals surface area contributed by atoms with Crippen LogP contribution in [0.4, 0.5) is 17.3 Å². The summed E-state index contributed by atoms with van der Waals surface area (Å²) in [5.41, 5.74) is 2.92. The van der Waals surface area contributed by atoms with E-state index in [4.69, 9.17) is 9.47 Å². The minimum absolute atomic E-state index is 0.187. The van der Waals surface area contributed by atoms with Gasteiger partial charge in [0.15, 0.2) is 23.0 Å². The Morgan fingerprint density at radius 3 is 2.63 bits per heavy atom. The minimum Gasteiger partial charge on any atom is -0.497 e. The highest BCUT2D eigenvalue weighted by Crippen LogP contribution is 2.28. The highest BCUT2D eigenvalue weighted by molar-refractivity contribution is 5.96. The van der Waals surface area contributed by atoms with E-state index >= 15 is 0 Å². The lowest BCUT2D eigenvalue weighted by molar-refractivity contribution is 0.0527. The number of methoxy groups -OCH3 is 1. The van der Waals surface area contributed by atoms with Gasteiger partial charge in [-0.25, -0.2) is 14.3 Å². The molecular weight excluding hydrogens is 488 g/mol. The van der Waals surface area contributed by atoms with Crippen LogP contribution in [-0.2, 0) is 18.3 Å². The third-order valence-corrected chi connectivity index (χ3v) is 6.15. The number of hydrogen-bond donors (Lipinski definition) is 2. The molecule has 198 valence electrons. The summed E-state index contributed by atoms with van der Waals surface area (Å²) in [6.45, 7) is 2.55. The first-order valence-corrected chi connectivity index (χ1v) is 12.4. The Bertz CT molecular complexity index is 1470. The summed E-state index contributed by atoms with van der Waals surface area (Å²) in [5, 5.41) is 15.2. The average molecular weight is 519 g/mol. The molecule has 12 nitrogen and oxygen atoms in total. The topological polar surface area (TPSA) is 128 Å². The summed E-state index contributed by atoms with van der Waals surface area (Å²) in [4.78, 5) is 32.0. The Kier molecular flexibility index (Phi) is 6.86. The molecule has 0 bridgehead atoms. The number of carbonyl (C=O) groups excluding carboxylic acids is 2. The van der Waals surface area contributed by atoms with Gasteiger partial charge in [-0.2, -0.15) is 5.10 Å². The molecule has 0 unspecified atom stereocenters. The van der Waals surface area contributed by atoms with Gasteiger partial charge in [0.05, 0.1) is 25.6 Å². The molecule has 1 aliphatic carbocycles. The maximum absolute atomic E-state index is 13.0. The van der Waals surface area contributed by atoms with Crippen LogP contribution in [0.3, 0.4) is 0 Å². The van der Waals surface area contributed by atoms with Crippen molar-refractivity contribution in [3.05, 3.63) is 59.5 Å². The van der Waals surface area contributed by atoms with Gasteiger partial charge >= 0.3 is 5.97 Å². The van der Waals surface area contributed by atoms with Crippen LogP contribution in [0.25, 0.3) is 5.65 Å². The van der Waals surface area contributed by atoms with Crippen LogP contribution < -0.4 is 20.3 Å². The number of aromatic nitrogens is 5. The van der Waals surface area contributed by atoms with E-state index < -0.39 is 5.97 Å². The number of nitrogens with one attached hydrogen (secondary N) is 2. The highest BCUT2D eigenvalue weighted by atomic mass is 16.5. The maximum Gasteiger partial charge on any atom is 0.343 e. The van der Waals surface area contributed by atoms with E-state index in [9.17, 15) is 9.59 Å². The molecule has 5 rings (SSSR count). The van der Waals surface area contributed by atoms with Crippen molar-refractivity contribution in [1.82, 2.24) is 29.7 Å². The second-order valence-corrected chi connectivity index (χ2v) is 9.16. The second kappa shape index (κ2) is 10.4. The number of rotatable bonds is 10. The second-order valence-electron chi connectivity index (χ2n) is 9.16. The lowest BCUT2D eigenvalue weighted by Gasteiger charge is -2.21. The molecule has 4 aromatic rings. The lowest BCUT2D eigenvalue weighted by Crippen LogP contribution is -2.27. The molecule has 0 atom stereocenters. The lowest BCUT2D eigenvalue weighted by atomic mass is 10.2. The first kappa shape index (κ1) is 25.1. The number of hydrogen-bond acceptors (Lipinski definition) is 9.